The molecule has 3 aromatic carbocycles. The number of hydrogen-bond donors (Lipinski definition) is 4. The highest BCUT2D eigenvalue weighted by Gasteiger charge is 2.23. The number of benzene rings is 3. The first kappa shape index (κ1) is 21.0. The summed E-state index contributed by atoms with van der Waals surface area (Å²) >= 11 is 5.86. The summed E-state index contributed by atoms with van der Waals surface area (Å²) in [5.41, 5.74) is 3.17. The van der Waals surface area contributed by atoms with Gasteiger partial charge in [0.25, 0.3) is 17.7 Å². The molecule has 0 saturated heterocycles. The minimum Gasteiger partial charge on any atom is -0.336 e. The first-order valence-corrected chi connectivity index (χ1v) is 9.32. The molecule has 0 fully saturated rings. The molecule has 3 rings (SSSR count). The van der Waals surface area contributed by atoms with Crippen LogP contribution in [-0.4, -0.2) is 22.9 Å². The molecular formula is C22H18ClN3O4. The van der Waals surface area contributed by atoms with Crippen molar-refractivity contribution in [2.24, 2.45) is 0 Å². The Morgan fingerprint density at radius 1 is 0.767 bits per heavy atom. The second-order valence-corrected chi connectivity index (χ2v) is 6.77. The van der Waals surface area contributed by atoms with Gasteiger partial charge in [-0.25, -0.2) is 5.48 Å². The molecule has 1 atom stereocenters. The van der Waals surface area contributed by atoms with E-state index >= 15 is 0 Å². The molecule has 0 aliphatic heterocycles. The molecule has 7 nitrogen and oxygen atoms in total. The van der Waals surface area contributed by atoms with E-state index in [1.54, 1.807) is 48.5 Å². The maximum Gasteiger partial charge on any atom is 0.274 e. The van der Waals surface area contributed by atoms with Crippen molar-refractivity contribution in [1.29, 1.82) is 0 Å². The van der Waals surface area contributed by atoms with Crippen LogP contribution in [0.2, 0.25) is 5.02 Å². The van der Waals surface area contributed by atoms with E-state index in [4.69, 9.17) is 16.8 Å². The SMILES string of the molecule is O=C(NO)c1ccc(NC(=O)[C@@H](NC(=O)c2ccc(Cl)cc2)c2ccccc2)cc1. The van der Waals surface area contributed by atoms with Crippen molar-refractivity contribution in [2.45, 2.75) is 6.04 Å². The molecule has 4 N–H and O–H groups in total. The quantitative estimate of drug-likeness (QED) is 0.359. The van der Waals surface area contributed by atoms with E-state index in [1.165, 1.54) is 29.7 Å². The number of halogens is 1. The van der Waals surface area contributed by atoms with E-state index in [0.29, 0.717) is 21.8 Å². The molecule has 0 heterocycles. The third-order valence-corrected chi connectivity index (χ3v) is 4.55. The second-order valence-electron chi connectivity index (χ2n) is 6.33. The number of carbonyl (C=O) groups is 3. The summed E-state index contributed by atoms with van der Waals surface area (Å²) in [6.07, 6.45) is 0. The lowest BCUT2D eigenvalue weighted by molar-refractivity contribution is -0.118. The van der Waals surface area contributed by atoms with Crippen molar-refractivity contribution in [2.75, 3.05) is 5.32 Å². The second kappa shape index (κ2) is 9.69. The molecule has 0 aliphatic carbocycles. The van der Waals surface area contributed by atoms with Gasteiger partial charge in [0, 0.05) is 21.8 Å². The Hall–Kier alpha value is -3.68. The first-order valence-electron chi connectivity index (χ1n) is 8.94. The summed E-state index contributed by atoms with van der Waals surface area (Å²) in [7, 11) is 0. The third kappa shape index (κ3) is 5.22. The topological polar surface area (TPSA) is 108 Å². The molecule has 0 spiro atoms. The normalized spacial score (nSPS) is 11.3. The summed E-state index contributed by atoms with van der Waals surface area (Å²) in [4.78, 5) is 37.0. The monoisotopic (exact) mass is 423 g/mol. The number of hydrogen-bond acceptors (Lipinski definition) is 4. The molecule has 0 radical (unpaired) electrons. The number of carbonyl (C=O) groups excluding carboxylic acids is 3. The Labute approximate surface area is 177 Å². The number of anilines is 1. The van der Waals surface area contributed by atoms with E-state index in [0.717, 1.165) is 0 Å². The van der Waals surface area contributed by atoms with Crippen molar-refractivity contribution >= 4 is 35.0 Å². The predicted molar refractivity (Wildman–Crippen MR) is 112 cm³/mol. The van der Waals surface area contributed by atoms with Crippen LogP contribution in [-0.2, 0) is 4.79 Å². The minimum absolute atomic E-state index is 0.228. The van der Waals surface area contributed by atoms with Gasteiger partial charge in [0.2, 0.25) is 0 Å². The van der Waals surface area contributed by atoms with Crippen molar-refractivity contribution in [3.63, 3.8) is 0 Å². The molecule has 0 aromatic heterocycles. The van der Waals surface area contributed by atoms with Gasteiger partial charge in [-0.2, -0.15) is 0 Å². The van der Waals surface area contributed by atoms with E-state index in [1.807, 2.05) is 6.07 Å². The molecule has 3 amide bonds. The van der Waals surface area contributed by atoms with Gasteiger partial charge >= 0.3 is 0 Å². The van der Waals surface area contributed by atoms with Crippen LogP contribution < -0.4 is 16.1 Å². The zero-order valence-corrected chi connectivity index (χ0v) is 16.4. The zero-order chi connectivity index (χ0) is 21.5. The van der Waals surface area contributed by atoms with E-state index in [9.17, 15) is 14.4 Å². The highest BCUT2D eigenvalue weighted by atomic mass is 35.5. The van der Waals surface area contributed by atoms with Crippen LogP contribution in [0, 0.1) is 0 Å². The number of hydroxylamine groups is 1. The largest absolute Gasteiger partial charge is 0.336 e. The van der Waals surface area contributed by atoms with E-state index < -0.39 is 23.8 Å². The fourth-order valence-electron chi connectivity index (χ4n) is 2.75. The molecule has 3 aromatic rings. The average Bonchev–Trinajstić information content (AvgIpc) is 2.78. The number of amides is 3. The van der Waals surface area contributed by atoms with E-state index in [-0.39, 0.29) is 5.56 Å². The summed E-state index contributed by atoms with van der Waals surface area (Å²) < 4.78 is 0. The molecule has 0 bridgehead atoms. The van der Waals surface area contributed by atoms with Gasteiger partial charge in [0.05, 0.1) is 0 Å². The van der Waals surface area contributed by atoms with Crippen LogP contribution >= 0.6 is 11.6 Å². The van der Waals surface area contributed by atoms with Crippen LogP contribution in [0.1, 0.15) is 32.3 Å². The minimum atomic E-state index is -0.949. The summed E-state index contributed by atoms with van der Waals surface area (Å²) in [5.74, 6) is -1.54. The maximum atomic E-state index is 12.9. The summed E-state index contributed by atoms with van der Waals surface area (Å²) in [6, 6.07) is 20.1. The maximum absolute atomic E-state index is 12.9. The van der Waals surface area contributed by atoms with Crippen molar-refractivity contribution in [1.82, 2.24) is 10.8 Å². The van der Waals surface area contributed by atoms with Gasteiger partial charge in [0.15, 0.2) is 0 Å². The van der Waals surface area contributed by atoms with Crippen LogP contribution in [0.15, 0.2) is 78.9 Å². The van der Waals surface area contributed by atoms with Crippen LogP contribution in [0.25, 0.3) is 0 Å². The van der Waals surface area contributed by atoms with Crippen LogP contribution in [0.4, 0.5) is 5.69 Å². The lowest BCUT2D eigenvalue weighted by Gasteiger charge is -2.19. The van der Waals surface area contributed by atoms with Gasteiger partial charge in [-0.1, -0.05) is 41.9 Å². The fourth-order valence-corrected chi connectivity index (χ4v) is 2.87. The number of nitrogens with one attached hydrogen (secondary N) is 3. The van der Waals surface area contributed by atoms with Gasteiger partial charge in [-0.15, -0.1) is 0 Å². The van der Waals surface area contributed by atoms with Gasteiger partial charge in [-0.05, 0) is 54.1 Å². The zero-order valence-electron chi connectivity index (χ0n) is 15.6. The standard InChI is InChI=1S/C22H18ClN3O4/c23-17-10-6-15(7-11-17)20(27)25-19(14-4-2-1-3-5-14)22(29)24-18-12-8-16(9-13-18)21(28)26-30/h1-13,19,30H,(H,24,29)(H,25,27)(H,26,28)/t19-/m0/s1. The lowest BCUT2D eigenvalue weighted by Crippen LogP contribution is -2.37. The molecule has 30 heavy (non-hydrogen) atoms. The Morgan fingerprint density at radius 2 is 1.33 bits per heavy atom. The first-order chi connectivity index (χ1) is 14.5. The van der Waals surface area contributed by atoms with Gasteiger partial charge in [0.1, 0.15) is 6.04 Å². The van der Waals surface area contributed by atoms with Crippen molar-refractivity contribution < 1.29 is 19.6 Å². The predicted octanol–water partition coefficient (Wildman–Crippen LogP) is 3.57. The Morgan fingerprint density at radius 3 is 1.93 bits per heavy atom. The van der Waals surface area contributed by atoms with Crippen LogP contribution in [0.3, 0.4) is 0 Å². The Bertz CT molecular complexity index is 1040. The summed E-state index contributed by atoms with van der Waals surface area (Å²) in [6.45, 7) is 0. The molecular weight excluding hydrogens is 406 g/mol. The third-order valence-electron chi connectivity index (χ3n) is 4.29. The molecule has 0 saturated carbocycles. The number of rotatable bonds is 6. The van der Waals surface area contributed by atoms with Crippen molar-refractivity contribution in [3.8, 4) is 0 Å². The summed E-state index contributed by atoms with van der Waals surface area (Å²) in [5, 5.41) is 14.6. The van der Waals surface area contributed by atoms with Crippen molar-refractivity contribution in [3.05, 3.63) is 101 Å². The van der Waals surface area contributed by atoms with Gasteiger partial charge in [-0.3, -0.25) is 19.6 Å². The Balaban J connectivity index is 1.79. The van der Waals surface area contributed by atoms with Gasteiger partial charge < -0.3 is 10.6 Å². The molecule has 8 heteroatoms. The lowest BCUT2D eigenvalue weighted by atomic mass is 10.0. The molecule has 152 valence electrons. The highest BCUT2D eigenvalue weighted by molar-refractivity contribution is 6.30. The molecule has 0 aliphatic rings. The smallest absolute Gasteiger partial charge is 0.274 e. The Kier molecular flexibility index (Phi) is 6.79. The van der Waals surface area contributed by atoms with Crippen LogP contribution in [0.5, 0.6) is 0 Å². The fraction of sp³-hybridized carbons (Fsp3) is 0.0455. The average molecular weight is 424 g/mol. The molecule has 0 unspecified atom stereocenters. The van der Waals surface area contributed by atoms with E-state index in [2.05, 4.69) is 10.6 Å². The highest BCUT2D eigenvalue weighted by Crippen LogP contribution is 2.18.